The van der Waals surface area contributed by atoms with Crippen molar-refractivity contribution in [2.45, 2.75) is 6.42 Å². The fourth-order valence-corrected chi connectivity index (χ4v) is 1.94. The van der Waals surface area contributed by atoms with E-state index in [-0.39, 0.29) is 5.82 Å². The third-order valence-corrected chi connectivity index (χ3v) is 2.89. The fourth-order valence-electron chi connectivity index (χ4n) is 1.94. The van der Waals surface area contributed by atoms with E-state index in [9.17, 15) is 4.39 Å². The van der Waals surface area contributed by atoms with E-state index in [0.717, 1.165) is 5.52 Å². The van der Waals surface area contributed by atoms with Gasteiger partial charge in [0.1, 0.15) is 11.6 Å². The molecule has 2 aromatic heterocycles. The highest BCUT2D eigenvalue weighted by Gasteiger charge is 2.08. The molecule has 0 aliphatic heterocycles. The van der Waals surface area contributed by atoms with Gasteiger partial charge in [0.05, 0.1) is 12.6 Å². The first kappa shape index (κ1) is 11.6. The molecule has 3 aromatic rings. The van der Waals surface area contributed by atoms with E-state index in [2.05, 4.69) is 15.0 Å². The predicted octanol–water partition coefficient (Wildman–Crippen LogP) is 2.70. The molecule has 3 rings (SSSR count). The third kappa shape index (κ3) is 2.27. The first-order chi connectivity index (χ1) is 9.26. The molecule has 0 atom stereocenters. The van der Waals surface area contributed by atoms with Gasteiger partial charge >= 0.3 is 0 Å². The highest BCUT2D eigenvalue weighted by atomic mass is 19.1. The number of nitrogens with one attached hydrogen (secondary N) is 1. The number of hydrogen-bond acceptors (Lipinski definition) is 3. The van der Waals surface area contributed by atoms with E-state index in [1.165, 1.54) is 6.07 Å². The van der Waals surface area contributed by atoms with Gasteiger partial charge in [-0.25, -0.2) is 9.37 Å². The summed E-state index contributed by atoms with van der Waals surface area (Å²) in [5.74, 6) is 0.964. The van der Waals surface area contributed by atoms with E-state index in [1.807, 2.05) is 12.1 Å². The van der Waals surface area contributed by atoms with Crippen molar-refractivity contribution < 1.29 is 9.13 Å². The number of benzene rings is 1. The zero-order valence-corrected chi connectivity index (χ0v) is 10.4. The normalized spacial score (nSPS) is 10.8. The Bertz CT molecular complexity index is 724. The number of H-pyrrole nitrogens is 1. The van der Waals surface area contributed by atoms with Crippen LogP contribution in [0.1, 0.15) is 11.4 Å². The van der Waals surface area contributed by atoms with Crippen LogP contribution in [-0.2, 0) is 6.42 Å². The van der Waals surface area contributed by atoms with Crippen LogP contribution < -0.4 is 4.74 Å². The number of fused-ring (bicyclic) bond motifs is 1. The lowest BCUT2D eigenvalue weighted by atomic mass is 10.1. The summed E-state index contributed by atoms with van der Waals surface area (Å²) in [4.78, 5) is 11.7. The first-order valence-electron chi connectivity index (χ1n) is 5.89. The lowest BCUT2D eigenvalue weighted by Gasteiger charge is -1.99. The smallest absolute Gasteiger partial charge is 0.215 e. The average Bonchev–Trinajstić information content (AvgIpc) is 2.82. The van der Waals surface area contributed by atoms with Gasteiger partial charge in [-0.2, -0.15) is 4.98 Å². The van der Waals surface area contributed by atoms with Crippen molar-refractivity contribution in [3.05, 3.63) is 53.6 Å². The number of hydrogen-bond donors (Lipinski definition) is 1. The molecule has 0 radical (unpaired) electrons. The van der Waals surface area contributed by atoms with Crippen molar-refractivity contribution in [3.8, 4) is 5.88 Å². The van der Waals surface area contributed by atoms with Crippen LogP contribution in [0.3, 0.4) is 0 Å². The molecule has 0 amide bonds. The summed E-state index contributed by atoms with van der Waals surface area (Å²) >= 11 is 0. The minimum atomic E-state index is -0.228. The van der Waals surface area contributed by atoms with Crippen molar-refractivity contribution in [3.63, 3.8) is 0 Å². The minimum Gasteiger partial charge on any atom is -0.481 e. The summed E-state index contributed by atoms with van der Waals surface area (Å²) in [5, 5.41) is 0. The molecule has 0 saturated heterocycles. The van der Waals surface area contributed by atoms with E-state index in [1.54, 1.807) is 25.3 Å². The Balaban J connectivity index is 1.95. The Kier molecular flexibility index (Phi) is 2.87. The van der Waals surface area contributed by atoms with Gasteiger partial charge in [-0.05, 0) is 17.7 Å². The molecule has 2 heterocycles. The Morgan fingerprint density at radius 1 is 1.16 bits per heavy atom. The molecule has 19 heavy (non-hydrogen) atoms. The summed E-state index contributed by atoms with van der Waals surface area (Å²) in [6, 6.07) is 10.3. The number of ether oxygens (including phenoxy) is 1. The molecule has 0 unspecified atom stereocenters. The number of pyridine rings is 1. The van der Waals surface area contributed by atoms with E-state index in [0.29, 0.717) is 29.3 Å². The van der Waals surface area contributed by atoms with Gasteiger partial charge in [0.15, 0.2) is 5.65 Å². The summed E-state index contributed by atoms with van der Waals surface area (Å²) in [5.41, 5.74) is 1.99. The number of aromatic amines is 1. The fraction of sp³-hybridized carbons (Fsp3) is 0.143. The Morgan fingerprint density at radius 2 is 2.00 bits per heavy atom. The van der Waals surface area contributed by atoms with Crippen molar-refractivity contribution in [2.24, 2.45) is 0 Å². The molecule has 1 aromatic carbocycles. The van der Waals surface area contributed by atoms with Crippen molar-refractivity contribution in [1.82, 2.24) is 15.0 Å². The Hall–Kier alpha value is -2.43. The molecule has 0 saturated carbocycles. The third-order valence-electron chi connectivity index (χ3n) is 2.89. The quantitative estimate of drug-likeness (QED) is 0.784. The van der Waals surface area contributed by atoms with Crippen molar-refractivity contribution in [2.75, 3.05) is 7.11 Å². The molecule has 96 valence electrons. The Morgan fingerprint density at radius 3 is 2.79 bits per heavy atom. The molecular formula is C14H12FN3O. The second-order valence-corrected chi connectivity index (χ2v) is 4.18. The summed E-state index contributed by atoms with van der Waals surface area (Å²) in [7, 11) is 1.56. The number of halogens is 1. The van der Waals surface area contributed by atoms with Gasteiger partial charge in [-0.3, -0.25) is 0 Å². The second-order valence-electron chi connectivity index (χ2n) is 4.18. The lowest BCUT2D eigenvalue weighted by molar-refractivity contribution is 0.399. The predicted molar refractivity (Wildman–Crippen MR) is 69.6 cm³/mol. The monoisotopic (exact) mass is 257 g/mol. The number of nitrogens with zero attached hydrogens (tertiary/aromatic N) is 2. The van der Waals surface area contributed by atoms with Crippen LogP contribution in [0.5, 0.6) is 5.88 Å². The molecule has 0 spiro atoms. The highest BCUT2D eigenvalue weighted by molar-refractivity contribution is 5.71. The minimum absolute atomic E-state index is 0.228. The van der Waals surface area contributed by atoms with E-state index < -0.39 is 0 Å². The van der Waals surface area contributed by atoms with Gasteiger partial charge in [-0.15, -0.1) is 0 Å². The van der Waals surface area contributed by atoms with Crippen molar-refractivity contribution in [1.29, 1.82) is 0 Å². The van der Waals surface area contributed by atoms with Gasteiger partial charge in [0, 0.05) is 12.5 Å². The van der Waals surface area contributed by atoms with Crippen LogP contribution in [0, 0.1) is 5.82 Å². The molecule has 0 fully saturated rings. The van der Waals surface area contributed by atoms with Crippen LogP contribution in [0.25, 0.3) is 11.2 Å². The molecule has 0 aliphatic carbocycles. The van der Waals surface area contributed by atoms with Gasteiger partial charge < -0.3 is 9.72 Å². The van der Waals surface area contributed by atoms with Crippen molar-refractivity contribution >= 4 is 11.2 Å². The van der Waals surface area contributed by atoms with Crippen LogP contribution in [0.15, 0.2) is 36.4 Å². The standard InChI is InChI=1S/C14H12FN3O/c1-19-13-7-6-11-14(18-13)17-12(16-11)8-9-4-2-3-5-10(9)15/h2-7H,8H2,1H3,(H,16,17,18). The van der Waals surface area contributed by atoms with Gasteiger partial charge in [-0.1, -0.05) is 18.2 Å². The van der Waals surface area contributed by atoms with Crippen LogP contribution in [0.4, 0.5) is 4.39 Å². The summed E-state index contributed by atoms with van der Waals surface area (Å²) < 4.78 is 18.6. The molecule has 4 nitrogen and oxygen atoms in total. The molecular weight excluding hydrogens is 245 g/mol. The zero-order chi connectivity index (χ0) is 13.2. The maximum atomic E-state index is 13.6. The number of methoxy groups -OCH3 is 1. The SMILES string of the molecule is COc1ccc2[nH]c(Cc3ccccc3F)nc2n1. The van der Waals surface area contributed by atoms with E-state index >= 15 is 0 Å². The molecule has 0 bridgehead atoms. The average molecular weight is 257 g/mol. The van der Waals surface area contributed by atoms with E-state index in [4.69, 9.17) is 4.74 Å². The number of aromatic nitrogens is 3. The van der Waals surface area contributed by atoms with Crippen LogP contribution in [-0.4, -0.2) is 22.1 Å². The maximum absolute atomic E-state index is 13.6. The van der Waals surface area contributed by atoms with Crippen LogP contribution >= 0.6 is 0 Å². The largest absolute Gasteiger partial charge is 0.481 e. The Labute approximate surface area is 109 Å². The van der Waals surface area contributed by atoms with Gasteiger partial charge in [0.25, 0.3) is 0 Å². The van der Waals surface area contributed by atoms with Crippen LogP contribution in [0.2, 0.25) is 0 Å². The number of imidazole rings is 1. The first-order valence-corrected chi connectivity index (χ1v) is 5.89. The summed E-state index contributed by atoms with van der Waals surface area (Å²) in [6.07, 6.45) is 0.408. The highest BCUT2D eigenvalue weighted by Crippen LogP contribution is 2.17. The molecule has 5 heteroatoms. The lowest BCUT2D eigenvalue weighted by Crippen LogP contribution is -1.94. The number of rotatable bonds is 3. The van der Waals surface area contributed by atoms with Gasteiger partial charge in [0.2, 0.25) is 5.88 Å². The molecule has 1 N–H and O–H groups in total. The second kappa shape index (κ2) is 4.68. The zero-order valence-electron chi connectivity index (χ0n) is 10.4. The summed E-state index contributed by atoms with van der Waals surface area (Å²) in [6.45, 7) is 0. The topological polar surface area (TPSA) is 50.8 Å². The molecule has 0 aliphatic rings. The maximum Gasteiger partial charge on any atom is 0.215 e.